The highest BCUT2D eigenvalue weighted by atomic mass is 35.5. The Morgan fingerprint density at radius 3 is 2.69 bits per heavy atom. The van der Waals surface area contributed by atoms with Gasteiger partial charge in [-0.2, -0.15) is 0 Å². The molecule has 1 fully saturated rings. The molecule has 29 heavy (non-hydrogen) atoms. The van der Waals surface area contributed by atoms with Crippen molar-refractivity contribution in [2.75, 3.05) is 26.4 Å². The topological polar surface area (TPSA) is 77.1 Å². The quantitative estimate of drug-likeness (QED) is 0.756. The molecule has 1 N–H and O–H groups in total. The summed E-state index contributed by atoms with van der Waals surface area (Å²) in [5.41, 5.74) is -0.554. The van der Waals surface area contributed by atoms with Gasteiger partial charge in [0.15, 0.2) is 11.5 Å². The number of nitrogens with one attached hydrogen (secondary N) is 1. The van der Waals surface area contributed by atoms with E-state index in [4.69, 9.17) is 25.8 Å². The zero-order valence-corrected chi connectivity index (χ0v) is 16.7. The van der Waals surface area contributed by atoms with Crippen LogP contribution in [0.5, 0.6) is 17.2 Å². The van der Waals surface area contributed by atoms with E-state index < -0.39 is 11.6 Å². The number of para-hydroxylation sites is 1. The summed E-state index contributed by atoms with van der Waals surface area (Å²) in [7, 11) is 0. The second kappa shape index (κ2) is 7.83. The maximum absolute atomic E-state index is 13.1. The molecule has 3 amide bonds. The summed E-state index contributed by atoms with van der Waals surface area (Å²) in [5, 5.41) is 3.26. The van der Waals surface area contributed by atoms with Crippen LogP contribution in [0.2, 0.25) is 5.02 Å². The summed E-state index contributed by atoms with van der Waals surface area (Å²) in [6, 6.07) is 11.9. The van der Waals surface area contributed by atoms with Crippen molar-refractivity contribution in [2.45, 2.75) is 18.9 Å². The van der Waals surface area contributed by atoms with Crippen LogP contribution in [0.1, 0.15) is 18.9 Å². The van der Waals surface area contributed by atoms with Crippen LogP contribution in [0.15, 0.2) is 42.5 Å². The highest BCUT2D eigenvalue weighted by molar-refractivity contribution is 6.32. The molecule has 0 aromatic heterocycles. The first kappa shape index (κ1) is 19.4. The molecule has 4 rings (SSSR count). The summed E-state index contributed by atoms with van der Waals surface area (Å²) in [4.78, 5) is 26.7. The number of carbonyl (C=O) groups excluding carboxylic acids is 2. The number of rotatable bonds is 5. The molecule has 0 aliphatic carbocycles. The molecule has 2 aliphatic heterocycles. The van der Waals surface area contributed by atoms with Crippen LogP contribution in [-0.2, 0) is 10.3 Å². The fourth-order valence-electron chi connectivity index (χ4n) is 3.38. The summed E-state index contributed by atoms with van der Waals surface area (Å²) in [6.45, 7) is 3.05. The van der Waals surface area contributed by atoms with Gasteiger partial charge in [0.05, 0.1) is 24.8 Å². The lowest BCUT2D eigenvalue weighted by molar-refractivity contribution is -0.131. The Kier molecular flexibility index (Phi) is 5.24. The van der Waals surface area contributed by atoms with E-state index in [1.807, 2.05) is 0 Å². The Morgan fingerprint density at radius 1 is 1.14 bits per heavy atom. The van der Waals surface area contributed by atoms with E-state index >= 15 is 0 Å². The van der Waals surface area contributed by atoms with E-state index in [1.54, 1.807) is 49.4 Å². The van der Waals surface area contributed by atoms with Crippen molar-refractivity contribution in [3.63, 3.8) is 0 Å². The van der Waals surface area contributed by atoms with Gasteiger partial charge in [0.1, 0.15) is 17.9 Å². The fourth-order valence-corrected chi connectivity index (χ4v) is 3.57. The molecule has 2 aromatic rings. The number of carbonyl (C=O) groups is 2. The maximum Gasteiger partial charge on any atom is 0.325 e. The summed E-state index contributed by atoms with van der Waals surface area (Å²) in [5.74, 6) is 1.37. The summed E-state index contributed by atoms with van der Waals surface area (Å²) in [6.07, 6.45) is 0.788. The third-order valence-electron chi connectivity index (χ3n) is 5.01. The number of ether oxygens (including phenoxy) is 3. The molecule has 2 heterocycles. The van der Waals surface area contributed by atoms with Gasteiger partial charge in [0.25, 0.3) is 5.91 Å². The van der Waals surface area contributed by atoms with Crippen molar-refractivity contribution >= 4 is 23.5 Å². The molecular weight excluding hydrogens is 396 g/mol. The van der Waals surface area contributed by atoms with Gasteiger partial charge < -0.3 is 19.5 Å². The average molecular weight is 417 g/mol. The van der Waals surface area contributed by atoms with Crippen LogP contribution in [-0.4, -0.2) is 43.2 Å². The average Bonchev–Trinajstić information content (AvgIpc) is 2.87. The van der Waals surface area contributed by atoms with Crippen LogP contribution >= 0.6 is 11.6 Å². The van der Waals surface area contributed by atoms with Gasteiger partial charge in [-0.3, -0.25) is 9.69 Å². The SMILES string of the molecule is C[C@]1(c2ccc3c(c2)OCCCO3)NC(=O)N(CCOc2ccccc2Cl)C1=O. The van der Waals surface area contributed by atoms with Gasteiger partial charge in [0.2, 0.25) is 0 Å². The molecule has 1 atom stereocenters. The Balaban J connectivity index is 1.48. The smallest absolute Gasteiger partial charge is 0.325 e. The molecule has 2 aromatic carbocycles. The van der Waals surface area contributed by atoms with E-state index in [0.29, 0.717) is 41.0 Å². The number of benzene rings is 2. The highest BCUT2D eigenvalue weighted by Crippen LogP contribution is 2.36. The molecule has 2 aliphatic rings. The first-order valence-corrected chi connectivity index (χ1v) is 9.78. The molecule has 1 saturated heterocycles. The Morgan fingerprint density at radius 2 is 1.90 bits per heavy atom. The van der Waals surface area contributed by atoms with Crippen molar-refractivity contribution in [1.82, 2.24) is 10.2 Å². The molecule has 0 bridgehead atoms. The van der Waals surface area contributed by atoms with Gasteiger partial charge in [-0.05, 0) is 36.8 Å². The van der Waals surface area contributed by atoms with Crippen LogP contribution in [0.4, 0.5) is 4.79 Å². The molecule has 7 nitrogen and oxygen atoms in total. The number of hydrogen-bond acceptors (Lipinski definition) is 5. The second-order valence-electron chi connectivity index (χ2n) is 7.00. The third-order valence-corrected chi connectivity index (χ3v) is 5.32. The van der Waals surface area contributed by atoms with E-state index in [1.165, 1.54) is 0 Å². The third kappa shape index (κ3) is 3.70. The van der Waals surface area contributed by atoms with Crippen LogP contribution in [0.3, 0.4) is 0 Å². The lowest BCUT2D eigenvalue weighted by Gasteiger charge is -2.23. The molecule has 8 heteroatoms. The number of urea groups is 1. The van der Waals surface area contributed by atoms with Crippen LogP contribution in [0.25, 0.3) is 0 Å². The molecule has 0 unspecified atom stereocenters. The van der Waals surface area contributed by atoms with Crippen molar-refractivity contribution in [2.24, 2.45) is 0 Å². The monoisotopic (exact) mass is 416 g/mol. The standard InChI is InChI=1S/C21H21ClN2O5/c1-21(14-7-8-17-18(13-14)28-11-4-10-27-17)19(25)24(20(26)23-21)9-12-29-16-6-3-2-5-15(16)22/h2-3,5-8,13H,4,9-12H2,1H3,(H,23,26)/t21-/m1/s1. The van der Waals surface area contributed by atoms with Gasteiger partial charge in [-0.25, -0.2) is 4.79 Å². The first-order valence-electron chi connectivity index (χ1n) is 9.40. The Bertz CT molecular complexity index is 950. The normalized spacial score (nSPS) is 21.0. The minimum absolute atomic E-state index is 0.107. The summed E-state index contributed by atoms with van der Waals surface area (Å²) < 4.78 is 17.0. The molecule has 0 radical (unpaired) electrons. The number of hydrogen-bond donors (Lipinski definition) is 1. The van der Waals surface area contributed by atoms with Crippen LogP contribution < -0.4 is 19.5 Å². The molecule has 0 saturated carbocycles. The molecular formula is C21H21ClN2O5. The Labute approximate surface area is 173 Å². The zero-order chi connectivity index (χ0) is 20.4. The lowest BCUT2D eigenvalue weighted by Crippen LogP contribution is -2.41. The lowest BCUT2D eigenvalue weighted by atomic mass is 9.91. The number of fused-ring (bicyclic) bond motifs is 1. The minimum Gasteiger partial charge on any atom is -0.490 e. The predicted molar refractivity (Wildman–Crippen MR) is 107 cm³/mol. The van der Waals surface area contributed by atoms with E-state index in [2.05, 4.69) is 5.32 Å². The van der Waals surface area contributed by atoms with Gasteiger partial charge in [-0.1, -0.05) is 29.8 Å². The first-order chi connectivity index (χ1) is 14.0. The summed E-state index contributed by atoms with van der Waals surface area (Å²) >= 11 is 6.07. The van der Waals surface area contributed by atoms with E-state index in [0.717, 1.165) is 11.3 Å². The van der Waals surface area contributed by atoms with Crippen molar-refractivity contribution in [3.8, 4) is 17.2 Å². The predicted octanol–water partition coefficient (Wildman–Crippen LogP) is 3.35. The maximum atomic E-state index is 13.1. The van der Waals surface area contributed by atoms with Crippen molar-refractivity contribution in [1.29, 1.82) is 0 Å². The fraction of sp³-hybridized carbons (Fsp3) is 0.333. The molecule has 0 spiro atoms. The highest BCUT2D eigenvalue weighted by Gasteiger charge is 2.49. The second-order valence-corrected chi connectivity index (χ2v) is 7.41. The van der Waals surface area contributed by atoms with E-state index in [9.17, 15) is 9.59 Å². The number of amides is 3. The van der Waals surface area contributed by atoms with Crippen molar-refractivity contribution < 1.29 is 23.8 Å². The minimum atomic E-state index is -1.19. The number of nitrogens with zero attached hydrogens (tertiary/aromatic N) is 1. The van der Waals surface area contributed by atoms with Gasteiger partial charge in [0, 0.05) is 6.42 Å². The van der Waals surface area contributed by atoms with Gasteiger partial charge in [-0.15, -0.1) is 0 Å². The number of halogens is 1. The largest absolute Gasteiger partial charge is 0.490 e. The number of imide groups is 1. The van der Waals surface area contributed by atoms with Crippen LogP contribution in [0, 0.1) is 0 Å². The Hall–Kier alpha value is -2.93. The van der Waals surface area contributed by atoms with E-state index in [-0.39, 0.29) is 19.1 Å². The van der Waals surface area contributed by atoms with Gasteiger partial charge >= 0.3 is 6.03 Å². The molecule has 152 valence electrons. The zero-order valence-electron chi connectivity index (χ0n) is 15.9. The van der Waals surface area contributed by atoms with Crippen molar-refractivity contribution in [3.05, 3.63) is 53.1 Å².